The molecule has 0 N–H and O–H groups in total. The van der Waals surface area contributed by atoms with Gasteiger partial charge in [-0.25, -0.2) is 4.39 Å². The first-order chi connectivity index (χ1) is 9.72. The maximum atomic E-state index is 13.1. The summed E-state index contributed by atoms with van der Waals surface area (Å²) < 4.78 is 14.0. The van der Waals surface area contributed by atoms with E-state index in [0.717, 1.165) is 29.7 Å². The average Bonchev–Trinajstić information content (AvgIpc) is 2.92. The third-order valence-corrected chi connectivity index (χ3v) is 4.69. The summed E-state index contributed by atoms with van der Waals surface area (Å²) in [6.07, 6.45) is 1.20. The van der Waals surface area contributed by atoms with Gasteiger partial charge in [0, 0.05) is 17.6 Å². The predicted molar refractivity (Wildman–Crippen MR) is 83.2 cm³/mol. The summed E-state index contributed by atoms with van der Waals surface area (Å²) in [5.74, 6) is 0.430. The lowest BCUT2D eigenvalue weighted by molar-refractivity contribution is 0.326. The molecule has 0 aliphatic carbocycles. The second-order valence-corrected chi connectivity index (χ2v) is 6.22. The molecule has 1 aliphatic heterocycles. The van der Waals surface area contributed by atoms with E-state index in [1.54, 1.807) is 6.07 Å². The van der Waals surface area contributed by atoms with Crippen LogP contribution in [0.15, 0.2) is 53.0 Å². The van der Waals surface area contributed by atoms with Crippen molar-refractivity contribution in [1.82, 2.24) is 4.90 Å². The fourth-order valence-corrected chi connectivity index (χ4v) is 3.34. The van der Waals surface area contributed by atoms with Gasteiger partial charge in [-0.1, -0.05) is 52.3 Å². The Morgan fingerprint density at radius 3 is 2.70 bits per heavy atom. The van der Waals surface area contributed by atoms with E-state index in [0.29, 0.717) is 5.92 Å². The highest BCUT2D eigenvalue weighted by Gasteiger charge is 2.23. The second-order valence-electron chi connectivity index (χ2n) is 5.37. The van der Waals surface area contributed by atoms with Crippen molar-refractivity contribution >= 4 is 15.9 Å². The minimum Gasteiger partial charge on any atom is -0.298 e. The summed E-state index contributed by atoms with van der Waals surface area (Å²) in [5.41, 5.74) is 2.58. The minimum absolute atomic E-state index is 0.191. The van der Waals surface area contributed by atoms with Gasteiger partial charge in [0.1, 0.15) is 5.82 Å². The molecule has 0 bridgehead atoms. The van der Waals surface area contributed by atoms with Gasteiger partial charge in [0.25, 0.3) is 0 Å². The van der Waals surface area contributed by atoms with E-state index in [9.17, 15) is 4.39 Å². The topological polar surface area (TPSA) is 3.24 Å². The fourth-order valence-electron chi connectivity index (χ4n) is 2.86. The van der Waals surface area contributed by atoms with Crippen molar-refractivity contribution in [2.45, 2.75) is 18.9 Å². The molecule has 1 aliphatic rings. The van der Waals surface area contributed by atoms with Gasteiger partial charge >= 0.3 is 0 Å². The van der Waals surface area contributed by atoms with Crippen LogP contribution < -0.4 is 0 Å². The van der Waals surface area contributed by atoms with Crippen LogP contribution in [0, 0.1) is 5.82 Å². The third kappa shape index (κ3) is 3.10. The molecule has 0 saturated carbocycles. The maximum absolute atomic E-state index is 13.1. The van der Waals surface area contributed by atoms with Crippen molar-refractivity contribution in [3.63, 3.8) is 0 Å². The van der Waals surface area contributed by atoms with Gasteiger partial charge in [-0.15, -0.1) is 0 Å². The molecule has 3 rings (SSSR count). The van der Waals surface area contributed by atoms with Crippen molar-refractivity contribution in [2.24, 2.45) is 0 Å². The Labute approximate surface area is 127 Å². The van der Waals surface area contributed by atoms with E-state index in [1.807, 2.05) is 6.07 Å². The lowest BCUT2D eigenvalue weighted by atomic mass is 9.99. The van der Waals surface area contributed by atoms with Gasteiger partial charge in [-0.05, 0) is 42.1 Å². The van der Waals surface area contributed by atoms with E-state index in [2.05, 4.69) is 51.2 Å². The number of rotatable bonds is 3. The molecular formula is C17H17BrFN. The van der Waals surface area contributed by atoms with E-state index < -0.39 is 0 Å². The molecule has 1 fully saturated rings. The van der Waals surface area contributed by atoms with Crippen LogP contribution >= 0.6 is 15.9 Å². The van der Waals surface area contributed by atoms with Crippen LogP contribution in [-0.2, 0) is 6.54 Å². The Morgan fingerprint density at radius 1 is 1.15 bits per heavy atom. The molecule has 0 spiro atoms. The van der Waals surface area contributed by atoms with Gasteiger partial charge in [-0.2, -0.15) is 0 Å². The zero-order chi connectivity index (χ0) is 13.9. The molecule has 2 aromatic rings. The summed E-state index contributed by atoms with van der Waals surface area (Å²) in [7, 11) is 0. The number of likely N-dealkylation sites (tertiary alicyclic amines) is 1. The van der Waals surface area contributed by atoms with Crippen LogP contribution in [0.5, 0.6) is 0 Å². The van der Waals surface area contributed by atoms with Crippen molar-refractivity contribution in [1.29, 1.82) is 0 Å². The Hall–Kier alpha value is -1.19. The minimum atomic E-state index is -0.191. The zero-order valence-corrected chi connectivity index (χ0v) is 12.8. The molecule has 0 amide bonds. The van der Waals surface area contributed by atoms with Gasteiger partial charge in [0.2, 0.25) is 0 Å². The third-order valence-electron chi connectivity index (χ3n) is 3.95. The van der Waals surface area contributed by atoms with Crippen LogP contribution in [0.2, 0.25) is 0 Å². The van der Waals surface area contributed by atoms with Crippen LogP contribution in [0.4, 0.5) is 4.39 Å². The van der Waals surface area contributed by atoms with Crippen molar-refractivity contribution < 1.29 is 4.39 Å². The number of nitrogens with zero attached hydrogens (tertiary/aromatic N) is 1. The maximum Gasteiger partial charge on any atom is 0.124 e. The number of hydrogen-bond acceptors (Lipinski definition) is 1. The van der Waals surface area contributed by atoms with Gasteiger partial charge in [-0.3, -0.25) is 4.90 Å². The highest BCUT2D eigenvalue weighted by Crippen LogP contribution is 2.29. The van der Waals surface area contributed by atoms with Gasteiger partial charge in [0.05, 0.1) is 0 Å². The zero-order valence-electron chi connectivity index (χ0n) is 11.2. The van der Waals surface area contributed by atoms with E-state index in [1.165, 1.54) is 18.1 Å². The predicted octanol–water partition coefficient (Wildman–Crippen LogP) is 4.58. The first kappa shape index (κ1) is 13.8. The molecule has 104 valence electrons. The van der Waals surface area contributed by atoms with Crippen LogP contribution in [0.3, 0.4) is 0 Å². The highest BCUT2D eigenvalue weighted by atomic mass is 79.9. The summed E-state index contributed by atoms with van der Waals surface area (Å²) in [4.78, 5) is 2.44. The second kappa shape index (κ2) is 6.06. The summed E-state index contributed by atoms with van der Waals surface area (Å²) in [6, 6.07) is 15.6. The first-order valence-corrected chi connectivity index (χ1v) is 7.73. The molecule has 0 aromatic heterocycles. The smallest absolute Gasteiger partial charge is 0.124 e. The van der Waals surface area contributed by atoms with Gasteiger partial charge in [0.15, 0.2) is 0 Å². The number of halogens is 2. The summed E-state index contributed by atoms with van der Waals surface area (Å²) in [5, 5.41) is 0. The molecule has 1 heterocycles. The lowest BCUT2D eigenvalue weighted by Gasteiger charge is -2.17. The molecule has 1 unspecified atom stereocenters. The molecule has 1 nitrogen and oxygen atoms in total. The average molecular weight is 334 g/mol. The SMILES string of the molecule is Fc1ccc(CN2CCC(c3ccccc3)C2)c(Br)c1. The van der Waals surface area contributed by atoms with Crippen molar-refractivity contribution in [3.05, 3.63) is 69.9 Å². The Morgan fingerprint density at radius 2 is 1.95 bits per heavy atom. The van der Waals surface area contributed by atoms with Crippen LogP contribution in [-0.4, -0.2) is 18.0 Å². The standard InChI is InChI=1S/C17H17BrFN/c18-17-10-16(19)7-6-15(17)12-20-9-8-14(11-20)13-4-2-1-3-5-13/h1-7,10,14H,8-9,11-12H2. The summed E-state index contributed by atoms with van der Waals surface area (Å²) >= 11 is 3.45. The van der Waals surface area contributed by atoms with Gasteiger partial charge < -0.3 is 0 Å². The molecule has 3 heteroatoms. The first-order valence-electron chi connectivity index (χ1n) is 6.93. The quantitative estimate of drug-likeness (QED) is 0.794. The van der Waals surface area contributed by atoms with E-state index >= 15 is 0 Å². The number of hydrogen-bond donors (Lipinski definition) is 0. The Kier molecular flexibility index (Phi) is 4.18. The molecule has 0 radical (unpaired) electrons. The fraction of sp³-hybridized carbons (Fsp3) is 0.294. The molecule has 1 atom stereocenters. The Bertz CT molecular complexity index is 585. The van der Waals surface area contributed by atoms with Crippen LogP contribution in [0.25, 0.3) is 0 Å². The molecule has 20 heavy (non-hydrogen) atoms. The monoisotopic (exact) mass is 333 g/mol. The molecule has 1 saturated heterocycles. The molecule has 2 aromatic carbocycles. The van der Waals surface area contributed by atoms with Crippen molar-refractivity contribution in [3.8, 4) is 0 Å². The Balaban J connectivity index is 1.66. The van der Waals surface area contributed by atoms with Crippen LogP contribution in [0.1, 0.15) is 23.5 Å². The largest absolute Gasteiger partial charge is 0.298 e. The van der Waals surface area contributed by atoms with E-state index in [-0.39, 0.29) is 5.82 Å². The number of benzene rings is 2. The highest BCUT2D eigenvalue weighted by molar-refractivity contribution is 9.10. The van der Waals surface area contributed by atoms with E-state index in [4.69, 9.17) is 0 Å². The summed E-state index contributed by atoms with van der Waals surface area (Å²) in [6.45, 7) is 3.06. The van der Waals surface area contributed by atoms with Crippen molar-refractivity contribution in [2.75, 3.05) is 13.1 Å². The molecular weight excluding hydrogens is 317 g/mol. The lowest BCUT2D eigenvalue weighted by Crippen LogP contribution is -2.20. The normalized spacial score (nSPS) is 19.4.